The predicted molar refractivity (Wildman–Crippen MR) is 62.0 cm³/mol. The minimum atomic E-state index is -2.90. The van der Waals surface area contributed by atoms with Gasteiger partial charge in [-0.2, -0.15) is 0 Å². The van der Waals surface area contributed by atoms with Gasteiger partial charge < -0.3 is 15.8 Å². The smallest absolute Gasteiger partial charge is 0.152 e. The van der Waals surface area contributed by atoms with E-state index in [-0.39, 0.29) is 17.6 Å². The van der Waals surface area contributed by atoms with Crippen molar-refractivity contribution in [3.63, 3.8) is 0 Å². The number of hydrogen-bond acceptors (Lipinski definition) is 5. The lowest BCUT2D eigenvalue weighted by Crippen LogP contribution is -2.54. The first-order valence-electron chi connectivity index (χ1n) is 5.82. The highest BCUT2D eigenvalue weighted by Gasteiger charge is 2.41. The number of ether oxygens (including phenoxy) is 1. The van der Waals surface area contributed by atoms with Crippen LogP contribution in [0, 0.1) is 0 Å². The zero-order valence-corrected chi connectivity index (χ0v) is 10.3. The Kier molecular flexibility index (Phi) is 3.53. The van der Waals surface area contributed by atoms with Crippen LogP contribution in [-0.2, 0) is 14.6 Å². The van der Waals surface area contributed by atoms with Crippen molar-refractivity contribution in [1.29, 1.82) is 0 Å². The molecule has 0 radical (unpaired) electrons. The molecule has 3 N–H and O–H groups in total. The average Bonchev–Trinajstić information content (AvgIpc) is 2.84. The summed E-state index contributed by atoms with van der Waals surface area (Å²) in [5.41, 5.74) is 5.29. The van der Waals surface area contributed by atoms with Crippen LogP contribution in [0.15, 0.2) is 0 Å². The Labute approximate surface area is 96.6 Å². The third kappa shape index (κ3) is 2.74. The van der Waals surface area contributed by atoms with Crippen molar-refractivity contribution in [1.82, 2.24) is 5.32 Å². The van der Waals surface area contributed by atoms with E-state index in [1.54, 1.807) is 0 Å². The molecule has 0 aromatic rings. The molecule has 2 rings (SSSR count). The van der Waals surface area contributed by atoms with Crippen LogP contribution < -0.4 is 11.1 Å². The quantitative estimate of drug-likeness (QED) is 0.685. The molecule has 94 valence electrons. The molecule has 0 amide bonds. The summed E-state index contributed by atoms with van der Waals surface area (Å²) in [6.45, 7) is 1.91. The van der Waals surface area contributed by atoms with Gasteiger partial charge in [0.1, 0.15) is 0 Å². The van der Waals surface area contributed by atoms with Crippen molar-refractivity contribution < 1.29 is 13.2 Å². The first kappa shape index (κ1) is 12.3. The van der Waals surface area contributed by atoms with Crippen molar-refractivity contribution in [2.75, 3.05) is 31.2 Å². The van der Waals surface area contributed by atoms with Gasteiger partial charge in [-0.25, -0.2) is 8.42 Å². The summed E-state index contributed by atoms with van der Waals surface area (Å²) in [5, 5.41) is 3.31. The molecule has 16 heavy (non-hydrogen) atoms. The maximum absolute atomic E-state index is 11.5. The lowest BCUT2D eigenvalue weighted by Gasteiger charge is -2.28. The van der Waals surface area contributed by atoms with Crippen molar-refractivity contribution in [2.24, 2.45) is 5.73 Å². The van der Waals surface area contributed by atoms with Gasteiger partial charge in [-0.3, -0.25) is 0 Å². The summed E-state index contributed by atoms with van der Waals surface area (Å²) < 4.78 is 28.5. The normalized spacial score (nSPS) is 37.9. The molecule has 2 saturated heterocycles. The van der Waals surface area contributed by atoms with Gasteiger partial charge >= 0.3 is 0 Å². The average molecular weight is 248 g/mol. The number of sulfone groups is 1. The Morgan fingerprint density at radius 1 is 1.50 bits per heavy atom. The van der Waals surface area contributed by atoms with E-state index in [0.29, 0.717) is 19.5 Å². The summed E-state index contributed by atoms with van der Waals surface area (Å²) in [4.78, 5) is 0. The second-order valence-corrected chi connectivity index (χ2v) is 7.03. The second-order valence-electron chi connectivity index (χ2n) is 4.84. The molecule has 0 aromatic heterocycles. The minimum Gasteiger partial charge on any atom is -0.377 e. The topological polar surface area (TPSA) is 81.4 Å². The third-order valence-corrected chi connectivity index (χ3v) is 5.33. The number of nitrogens with two attached hydrogens (primary N) is 1. The van der Waals surface area contributed by atoms with Crippen LogP contribution in [0.5, 0.6) is 0 Å². The molecule has 6 heteroatoms. The largest absolute Gasteiger partial charge is 0.377 e. The highest BCUT2D eigenvalue weighted by molar-refractivity contribution is 7.91. The summed E-state index contributed by atoms with van der Waals surface area (Å²) >= 11 is 0. The molecule has 2 unspecified atom stereocenters. The number of rotatable bonds is 4. The lowest BCUT2D eigenvalue weighted by molar-refractivity contribution is 0.103. The Bertz CT molecular complexity index is 338. The molecule has 2 atom stereocenters. The lowest BCUT2D eigenvalue weighted by atomic mass is 9.99. The molecule has 0 aromatic carbocycles. The summed E-state index contributed by atoms with van der Waals surface area (Å²) in [6.07, 6.45) is 3.01. The zero-order chi connectivity index (χ0) is 11.6. The van der Waals surface area contributed by atoms with Gasteiger partial charge in [0.05, 0.1) is 17.6 Å². The van der Waals surface area contributed by atoms with E-state index in [1.165, 1.54) is 0 Å². The highest BCUT2D eigenvalue weighted by Crippen LogP contribution is 2.23. The molecule has 0 aliphatic carbocycles. The van der Waals surface area contributed by atoms with Gasteiger partial charge in [-0.15, -0.1) is 0 Å². The Hall–Kier alpha value is -0.170. The molecule has 2 fully saturated rings. The maximum atomic E-state index is 11.5. The molecule has 0 bridgehead atoms. The predicted octanol–water partition coefficient (Wildman–Crippen LogP) is -0.729. The van der Waals surface area contributed by atoms with Gasteiger partial charge in [0, 0.05) is 25.2 Å². The standard InChI is InChI=1S/C10H20N2O3S/c11-7-10(3-5-16(13,14)8-10)12-6-9-2-1-4-15-9/h9,12H,1-8,11H2. The maximum Gasteiger partial charge on any atom is 0.152 e. The summed E-state index contributed by atoms with van der Waals surface area (Å²) in [7, 11) is -2.90. The zero-order valence-electron chi connectivity index (χ0n) is 9.44. The van der Waals surface area contributed by atoms with E-state index >= 15 is 0 Å². The Morgan fingerprint density at radius 3 is 2.81 bits per heavy atom. The fourth-order valence-electron chi connectivity index (χ4n) is 2.42. The fourth-order valence-corrected chi connectivity index (χ4v) is 4.48. The van der Waals surface area contributed by atoms with Crippen LogP contribution in [-0.4, -0.2) is 51.3 Å². The summed E-state index contributed by atoms with van der Waals surface area (Å²) in [6, 6.07) is 0. The van der Waals surface area contributed by atoms with Gasteiger partial charge in [-0.05, 0) is 19.3 Å². The van der Waals surface area contributed by atoms with Crippen LogP contribution in [0.3, 0.4) is 0 Å². The van der Waals surface area contributed by atoms with Crippen LogP contribution >= 0.6 is 0 Å². The van der Waals surface area contributed by atoms with Gasteiger partial charge in [0.25, 0.3) is 0 Å². The van der Waals surface area contributed by atoms with E-state index < -0.39 is 15.4 Å². The van der Waals surface area contributed by atoms with E-state index in [1.807, 2.05) is 0 Å². The van der Waals surface area contributed by atoms with Crippen LogP contribution in [0.1, 0.15) is 19.3 Å². The van der Waals surface area contributed by atoms with Crippen molar-refractivity contribution in [2.45, 2.75) is 30.9 Å². The highest BCUT2D eigenvalue weighted by atomic mass is 32.2. The first-order chi connectivity index (χ1) is 7.55. The van der Waals surface area contributed by atoms with E-state index in [4.69, 9.17) is 10.5 Å². The first-order valence-corrected chi connectivity index (χ1v) is 7.65. The SMILES string of the molecule is NCC1(NCC2CCCO2)CCS(=O)(=O)C1. The summed E-state index contributed by atoms with van der Waals surface area (Å²) in [5.74, 6) is 0.423. The molecule has 2 aliphatic rings. The van der Waals surface area contributed by atoms with E-state index in [2.05, 4.69) is 5.32 Å². The number of hydrogen-bond donors (Lipinski definition) is 2. The van der Waals surface area contributed by atoms with Crippen molar-refractivity contribution >= 4 is 9.84 Å². The molecule has 0 saturated carbocycles. The van der Waals surface area contributed by atoms with Gasteiger partial charge in [-0.1, -0.05) is 0 Å². The molecule has 2 aliphatic heterocycles. The monoisotopic (exact) mass is 248 g/mol. The van der Waals surface area contributed by atoms with Crippen LogP contribution in [0.4, 0.5) is 0 Å². The van der Waals surface area contributed by atoms with Crippen molar-refractivity contribution in [3.8, 4) is 0 Å². The Balaban J connectivity index is 1.90. The Morgan fingerprint density at radius 2 is 2.31 bits per heavy atom. The van der Waals surface area contributed by atoms with Crippen molar-refractivity contribution in [3.05, 3.63) is 0 Å². The minimum absolute atomic E-state index is 0.170. The van der Waals surface area contributed by atoms with E-state index in [0.717, 1.165) is 19.4 Å². The fraction of sp³-hybridized carbons (Fsp3) is 1.00. The van der Waals surface area contributed by atoms with Gasteiger partial charge in [0.2, 0.25) is 0 Å². The van der Waals surface area contributed by atoms with Crippen LogP contribution in [0.25, 0.3) is 0 Å². The van der Waals surface area contributed by atoms with Gasteiger partial charge in [0.15, 0.2) is 9.84 Å². The molecular formula is C10H20N2O3S. The second kappa shape index (κ2) is 4.60. The van der Waals surface area contributed by atoms with Crippen LogP contribution in [0.2, 0.25) is 0 Å². The van der Waals surface area contributed by atoms with E-state index in [9.17, 15) is 8.42 Å². The third-order valence-electron chi connectivity index (χ3n) is 3.51. The molecule has 2 heterocycles. The molecular weight excluding hydrogens is 228 g/mol. The molecule has 0 spiro atoms. The molecule has 5 nitrogen and oxygen atoms in total. The number of nitrogens with one attached hydrogen (secondary N) is 1.